The Labute approximate surface area is 117 Å². The van der Waals surface area contributed by atoms with Crippen molar-refractivity contribution >= 4 is 0 Å². The quantitative estimate of drug-likeness (QED) is 0.670. The highest BCUT2D eigenvalue weighted by Gasteiger charge is 2.18. The zero-order valence-electron chi connectivity index (χ0n) is 11.8. The molecule has 1 unspecified atom stereocenters. The molecule has 1 atom stereocenters. The molecule has 0 saturated carbocycles. The van der Waals surface area contributed by atoms with Gasteiger partial charge in [0.1, 0.15) is 0 Å². The summed E-state index contributed by atoms with van der Waals surface area (Å²) in [7, 11) is 0. The molecule has 0 amide bonds. The Morgan fingerprint density at radius 3 is 1.95 bits per heavy atom. The lowest BCUT2D eigenvalue weighted by molar-refractivity contribution is 0.372. The molecule has 19 heavy (non-hydrogen) atoms. The first-order chi connectivity index (χ1) is 9.16. The van der Waals surface area contributed by atoms with E-state index in [0.29, 0.717) is 0 Å². The zero-order chi connectivity index (χ0) is 13.6. The van der Waals surface area contributed by atoms with Crippen LogP contribution in [0.4, 0.5) is 0 Å². The number of aryl methyl sites for hydroxylation is 1. The maximum Gasteiger partial charge on any atom is -0.0225 e. The second-order valence-electron chi connectivity index (χ2n) is 5.81. The summed E-state index contributed by atoms with van der Waals surface area (Å²) in [4.78, 5) is 0. The van der Waals surface area contributed by atoms with Crippen molar-refractivity contribution in [1.29, 1.82) is 0 Å². The molecular weight excluding hydrogens is 228 g/mol. The van der Waals surface area contributed by atoms with Gasteiger partial charge in [0, 0.05) is 0 Å². The number of hydrogen-bond acceptors (Lipinski definition) is 0. The SMILES string of the molecule is [CH2]C(C)(CCCc1ccccc1)Cc1ccccc1. The van der Waals surface area contributed by atoms with Gasteiger partial charge in [0.25, 0.3) is 0 Å². The van der Waals surface area contributed by atoms with E-state index in [-0.39, 0.29) is 5.41 Å². The fraction of sp³-hybridized carbons (Fsp3) is 0.316. The van der Waals surface area contributed by atoms with Crippen LogP contribution in [0.1, 0.15) is 30.9 Å². The predicted octanol–water partition coefficient (Wildman–Crippen LogP) is 5.09. The minimum atomic E-state index is 0.135. The largest absolute Gasteiger partial charge is 0.0622 e. The number of benzene rings is 2. The fourth-order valence-electron chi connectivity index (χ4n) is 2.54. The lowest BCUT2D eigenvalue weighted by Gasteiger charge is -2.24. The summed E-state index contributed by atoms with van der Waals surface area (Å²) in [5.41, 5.74) is 2.95. The van der Waals surface area contributed by atoms with Gasteiger partial charge >= 0.3 is 0 Å². The Hall–Kier alpha value is -1.56. The zero-order valence-corrected chi connectivity index (χ0v) is 11.8. The Morgan fingerprint density at radius 2 is 1.37 bits per heavy atom. The van der Waals surface area contributed by atoms with Crippen LogP contribution < -0.4 is 0 Å². The van der Waals surface area contributed by atoms with Gasteiger partial charge in [-0.05, 0) is 49.1 Å². The summed E-state index contributed by atoms with van der Waals surface area (Å²) in [6, 6.07) is 21.4. The van der Waals surface area contributed by atoms with E-state index in [1.807, 2.05) is 0 Å². The summed E-state index contributed by atoms with van der Waals surface area (Å²) < 4.78 is 0. The summed E-state index contributed by atoms with van der Waals surface area (Å²) in [5, 5.41) is 0. The third kappa shape index (κ3) is 4.90. The monoisotopic (exact) mass is 251 g/mol. The molecule has 2 aromatic carbocycles. The van der Waals surface area contributed by atoms with Crippen LogP contribution in [0.2, 0.25) is 0 Å². The van der Waals surface area contributed by atoms with Gasteiger partial charge in [-0.3, -0.25) is 0 Å². The average Bonchev–Trinajstić information content (AvgIpc) is 2.40. The molecule has 0 N–H and O–H groups in total. The lowest BCUT2D eigenvalue weighted by atomic mass is 9.81. The molecule has 1 radical (unpaired) electrons. The minimum Gasteiger partial charge on any atom is -0.0622 e. The van der Waals surface area contributed by atoms with Gasteiger partial charge in [-0.1, -0.05) is 67.6 Å². The van der Waals surface area contributed by atoms with Crippen molar-refractivity contribution in [3.8, 4) is 0 Å². The molecule has 0 saturated heterocycles. The van der Waals surface area contributed by atoms with E-state index in [0.717, 1.165) is 19.3 Å². The third-order valence-electron chi connectivity index (χ3n) is 3.56. The van der Waals surface area contributed by atoms with Crippen molar-refractivity contribution in [3.63, 3.8) is 0 Å². The molecular formula is C19H23. The van der Waals surface area contributed by atoms with E-state index in [1.54, 1.807) is 0 Å². The molecule has 0 spiro atoms. The van der Waals surface area contributed by atoms with Crippen molar-refractivity contribution in [3.05, 3.63) is 78.7 Å². The molecule has 2 aromatic rings. The van der Waals surface area contributed by atoms with Gasteiger partial charge in [-0.2, -0.15) is 0 Å². The van der Waals surface area contributed by atoms with Crippen molar-refractivity contribution in [2.24, 2.45) is 5.41 Å². The smallest absolute Gasteiger partial charge is 0.0225 e. The fourth-order valence-corrected chi connectivity index (χ4v) is 2.54. The maximum absolute atomic E-state index is 4.40. The molecule has 99 valence electrons. The summed E-state index contributed by atoms with van der Waals surface area (Å²) in [6.45, 7) is 6.67. The molecule has 0 nitrogen and oxygen atoms in total. The standard InChI is InChI=1S/C19H23/c1-19(2,16-18-12-7-4-8-13-18)15-9-14-17-10-5-3-6-11-17/h3-8,10-13H,1,9,14-16H2,2H3. The Kier molecular flexibility index (Phi) is 4.79. The maximum atomic E-state index is 4.40. The summed E-state index contributed by atoms with van der Waals surface area (Å²) in [5.74, 6) is 0. The first-order valence-electron chi connectivity index (χ1n) is 7.09. The van der Waals surface area contributed by atoms with Crippen LogP contribution in [0.3, 0.4) is 0 Å². The molecule has 0 fully saturated rings. The normalized spacial score (nSPS) is 11.5. The molecule has 0 heterocycles. The highest BCUT2D eigenvalue weighted by molar-refractivity contribution is 5.17. The van der Waals surface area contributed by atoms with Crippen LogP contribution in [0, 0.1) is 12.3 Å². The van der Waals surface area contributed by atoms with Gasteiger partial charge in [-0.25, -0.2) is 0 Å². The topological polar surface area (TPSA) is 0 Å². The van der Waals surface area contributed by atoms with Crippen LogP contribution in [0.5, 0.6) is 0 Å². The molecule has 0 aromatic heterocycles. The van der Waals surface area contributed by atoms with Crippen molar-refractivity contribution in [2.75, 3.05) is 0 Å². The highest BCUT2D eigenvalue weighted by atomic mass is 14.2. The van der Waals surface area contributed by atoms with E-state index in [4.69, 9.17) is 0 Å². The van der Waals surface area contributed by atoms with Crippen LogP contribution in [-0.2, 0) is 12.8 Å². The van der Waals surface area contributed by atoms with Crippen molar-refractivity contribution in [2.45, 2.75) is 32.6 Å². The van der Waals surface area contributed by atoms with Crippen LogP contribution in [0.15, 0.2) is 60.7 Å². The second-order valence-corrected chi connectivity index (χ2v) is 5.81. The Morgan fingerprint density at radius 1 is 0.842 bits per heavy atom. The van der Waals surface area contributed by atoms with E-state index < -0.39 is 0 Å². The molecule has 2 rings (SSSR count). The van der Waals surface area contributed by atoms with Gasteiger partial charge in [0.2, 0.25) is 0 Å². The molecule has 0 heteroatoms. The molecule has 0 aliphatic heterocycles. The van der Waals surface area contributed by atoms with Gasteiger partial charge in [0.05, 0.1) is 0 Å². The number of hydrogen-bond donors (Lipinski definition) is 0. The first-order valence-corrected chi connectivity index (χ1v) is 7.09. The summed E-state index contributed by atoms with van der Waals surface area (Å²) >= 11 is 0. The van der Waals surface area contributed by atoms with Crippen LogP contribution >= 0.6 is 0 Å². The minimum absolute atomic E-state index is 0.135. The Balaban J connectivity index is 1.81. The number of rotatable bonds is 6. The predicted molar refractivity (Wildman–Crippen MR) is 83.0 cm³/mol. The summed E-state index contributed by atoms with van der Waals surface area (Å²) in [6.07, 6.45) is 4.58. The lowest BCUT2D eigenvalue weighted by Crippen LogP contribution is -2.15. The van der Waals surface area contributed by atoms with Crippen LogP contribution in [-0.4, -0.2) is 0 Å². The highest BCUT2D eigenvalue weighted by Crippen LogP contribution is 2.27. The van der Waals surface area contributed by atoms with E-state index in [2.05, 4.69) is 74.5 Å². The third-order valence-corrected chi connectivity index (χ3v) is 3.56. The van der Waals surface area contributed by atoms with Gasteiger partial charge < -0.3 is 0 Å². The van der Waals surface area contributed by atoms with E-state index >= 15 is 0 Å². The molecule has 0 aliphatic rings. The van der Waals surface area contributed by atoms with E-state index in [1.165, 1.54) is 17.5 Å². The second kappa shape index (κ2) is 6.56. The van der Waals surface area contributed by atoms with Crippen molar-refractivity contribution in [1.82, 2.24) is 0 Å². The van der Waals surface area contributed by atoms with E-state index in [9.17, 15) is 0 Å². The average molecular weight is 251 g/mol. The Bertz CT molecular complexity index is 468. The first kappa shape index (κ1) is 13.9. The van der Waals surface area contributed by atoms with Crippen LogP contribution in [0.25, 0.3) is 0 Å². The van der Waals surface area contributed by atoms with Gasteiger partial charge in [0.15, 0.2) is 0 Å². The molecule has 0 aliphatic carbocycles. The van der Waals surface area contributed by atoms with Gasteiger partial charge in [-0.15, -0.1) is 0 Å². The molecule has 0 bridgehead atoms. The van der Waals surface area contributed by atoms with Crippen molar-refractivity contribution < 1.29 is 0 Å².